The second-order valence-electron chi connectivity index (χ2n) is 15.2. The summed E-state index contributed by atoms with van der Waals surface area (Å²) in [5.74, 6) is -0.270. The van der Waals surface area contributed by atoms with Crippen molar-refractivity contribution in [1.82, 2.24) is 9.80 Å². The van der Waals surface area contributed by atoms with Gasteiger partial charge < -0.3 is 9.84 Å². The molecule has 7 aromatic rings. The SMILES string of the molecule is [C-]#[N+]c1cccc(C[C@H](C(=O)OCc2ccccc2)N(Cc2ccccc2)Cc2ccccc2)c1.[C-]#[N+]c1cccc(C[C@H](CO)N(Cc2ccccc2)Cc2ccccc2)c1. The summed E-state index contributed by atoms with van der Waals surface area (Å²) in [4.78, 5) is 25.1. The molecule has 7 rings (SSSR count). The predicted octanol–water partition coefficient (Wildman–Crippen LogP) is 11.4. The Kier molecular flexibility index (Phi) is 17.3. The fourth-order valence-electron chi connectivity index (χ4n) is 7.36. The first-order valence-corrected chi connectivity index (χ1v) is 20.9. The van der Waals surface area contributed by atoms with Gasteiger partial charge >= 0.3 is 5.97 Å². The lowest BCUT2D eigenvalue weighted by Crippen LogP contribution is -2.43. The summed E-state index contributed by atoms with van der Waals surface area (Å²) < 4.78 is 5.83. The molecule has 1 N–H and O–H groups in total. The van der Waals surface area contributed by atoms with Crippen molar-refractivity contribution in [3.05, 3.63) is 262 Å². The number of carbonyl (C=O) groups is 1. The van der Waals surface area contributed by atoms with E-state index >= 15 is 0 Å². The van der Waals surface area contributed by atoms with Gasteiger partial charge in [0.2, 0.25) is 0 Å². The molecule has 0 aliphatic carbocycles. The lowest BCUT2D eigenvalue weighted by molar-refractivity contribution is -0.152. The Labute approximate surface area is 366 Å². The number of ether oxygens (including phenoxy) is 1. The third-order valence-electron chi connectivity index (χ3n) is 10.6. The van der Waals surface area contributed by atoms with Crippen LogP contribution in [0.2, 0.25) is 0 Å². The molecule has 0 aliphatic heterocycles. The summed E-state index contributed by atoms with van der Waals surface area (Å²) in [6.45, 7) is 17.6. The molecule has 0 saturated heterocycles. The van der Waals surface area contributed by atoms with Gasteiger partial charge in [-0.1, -0.05) is 211 Å². The van der Waals surface area contributed by atoms with Gasteiger partial charge in [-0.25, -0.2) is 9.69 Å². The monoisotopic (exact) mass is 816 g/mol. The molecule has 0 radical (unpaired) electrons. The van der Waals surface area contributed by atoms with Crippen molar-refractivity contribution in [3.63, 3.8) is 0 Å². The van der Waals surface area contributed by atoms with Crippen LogP contribution in [0.5, 0.6) is 0 Å². The number of hydrogen-bond acceptors (Lipinski definition) is 5. The lowest BCUT2D eigenvalue weighted by Gasteiger charge is -2.31. The van der Waals surface area contributed by atoms with Crippen molar-refractivity contribution in [3.8, 4) is 0 Å². The van der Waals surface area contributed by atoms with E-state index in [2.05, 4.69) is 68.0 Å². The number of aliphatic hydroxyl groups excluding tert-OH is 1. The predicted molar refractivity (Wildman–Crippen MR) is 248 cm³/mol. The van der Waals surface area contributed by atoms with Crippen LogP contribution in [-0.2, 0) is 55.2 Å². The third kappa shape index (κ3) is 14.3. The van der Waals surface area contributed by atoms with Crippen molar-refractivity contribution >= 4 is 17.3 Å². The molecule has 0 spiro atoms. The van der Waals surface area contributed by atoms with Gasteiger partial charge in [0.05, 0.1) is 19.8 Å². The second kappa shape index (κ2) is 24.2. The van der Waals surface area contributed by atoms with Gasteiger partial charge in [0, 0.05) is 32.2 Å². The minimum Gasteiger partial charge on any atom is -0.460 e. The summed E-state index contributed by atoms with van der Waals surface area (Å²) in [7, 11) is 0. The minimum absolute atomic E-state index is 0.0219. The topological polar surface area (TPSA) is 61.7 Å². The quantitative estimate of drug-likeness (QED) is 0.0690. The number of esters is 1. The van der Waals surface area contributed by atoms with Gasteiger partial charge in [0.25, 0.3) is 0 Å². The van der Waals surface area contributed by atoms with Gasteiger partial charge in [-0.05, 0) is 40.7 Å². The van der Waals surface area contributed by atoms with E-state index in [0.717, 1.165) is 40.9 Å². The molecule has 0 saturated carbocycles. The molecule has 0 unspecified atom stereocenters. The molecule has 0 heterocycles. The number of carbonyl (C=O) groups excluding carboxylic acids is 1. The van der Waals surface area contributed by atoms with Crippen LogP contribution in [-0.4, -0.2) is 39.6 Å². The normalized spacial score (nSPS) is 11.7. The second-order valence-corrected chi connectivity index (χ2v) is 15.2. The summed E-state index contributed by atoms with van der Waals surface area (Å²) in [6, 6.07) is 65.3. The fourth-order valence-corrected chi connectivity index (χ4v) is 7.36. The highest BCUT2D eigenvalue weighted by atomic mass is 16.5. The van der Waals surface area contributed by atoms with E-state index in [4.69, 9.17) is 17.9 Å². The third-order valence-corrected chi connectivity index (χ3v) is 10.6. The van der Waals surface area contributed by atoms with Crippen LogP contribution in [0, 0.1) is 13.1 Å². The fraction of sp³-hybridized carbons (Fsp3) is 0.182. The van der Waals surface area contributed by atoms with E-state index in [1.807, 2.05) is 146 Å². The van der Waals surface area contributed by atoms with Crippen LogP contribution in [0.25, 0.3) is 9.69 Å². The highest BCUT2D eigenvalue weighted by Gasteiger charge is 2.28. The maximum Gasteiger partial charge on any atom is 0.324 e. The molecule has 0 aromatic heterocycles. The summed E-state index contributed by atoms with van der Waals surface area (Å²) in [5, 5.41) is 10.1. The first-order chi connectivity index (χ1) is 30.5. The van der Waals surface area contributed by atoms with Crippen molar-refractivity contribution in [2.24, 2.45) is 0 Å². The number of aliphatic hydroxyl groups is 1. The zero-order chi connectivity index (χ0) is 43.2. The van der Waals surface area contributed by atoms with Crippen LogP contribution in [0.3, 0.4) is 0 Å². The zero-order valence-corrected chi connectivity index (χ0v) is 34.9. The maximum absolute atomic E-state index is 13.6. The Morgan fingerprint density at radius 1 is 0.468 bits per heavy atom. The Balaban J connectivity index is 0.000000214. The molecule has 7 heteroatoms. The first-order valence-electron chi connectivity index (χ1n) is 20.9. The lowest BCUT2D eigenvalue weighted by atomic mass is 10.0. The highest BCUT2D eigenvalue weighted by molar-refractivity contribution is 5.76. The number of nitrogens with zero attached hydrogens (tertiary/aromatic N) is 4. The Bertz CT molecular complexity index is 2390. The van der Waals surface area contributed by atoms with E-state index < -0.39 is 6.04 Å². The van der Waals surface area contributed by atoms with Crippen LogP contribution < -0.4 is 0 Å². The molecule has 2 atom stereocenters. The highest BCUT2D eigenvalue weighted by Crippen LogP contribution is 2.23. The van der Waals surface area contributed by atoms with Crippen LogP contribution >= 0.6 is 0 Å². The molecule has 7 aromatic carbocycles. The van der Waals surface area contributed by atoms with Crippen LogP contribution in [0.1, 0.15) is 38.9 Å². The van der Waals surface area contributed by atoms with Crippen LogP contribution in [0.4, 0.5) is 11.4 Å². The summed E-state index contributed by atoms with van der Waals surface area (Å²) >= 11 is 0. The maximum atomic E-state index is 13.6. The molecule has 0 aliphatic rings. The molecule has 310 valence electrons. The zero-order valence-electron chi connectivity index (χ0n) is 34.9. The number of hydrogen-bond donors (Lipinski definition) is 1. The van der Waals surface area contributed by atoms with E-state index in [-0.39, 0.29) is 25.2 Å². The van der Waals surface area contributed by atoms with E-state index in [1.165, 1.54) is 11.1 Å². The molecule has 0 bridgehead atoms. The Hall–Kier alpha value is -7.13. The van der Waals surface area contributed by atoms with Crippen molar-refractivity contribution in [1.29, 1.82) is 0 Å². The minimum atomic E-state index is -0.514. The van der Waals surface area contributed by atoms with Gasteiger partial charge in [-0.15, -0.1) is 0 Å². The summed E-state index contributed by atoms with van der Waals surface area (Å²) in [6.07, 6.45) is 1.16. The van der Waals surface area contributed by atoms with E-state index in [0.29, 0.717) is 37.3 Å². The molecular weight excluding hydrogens is 765 g/mol. The molecule has 7 nitrogen and oxygen atoms in total. The Morgan fingerprint density at radius 3 is 1.21 bits per heavy atom. The van der Waals surface area contributed by atoms with Gasteiger partial charge in [0.1, 0.15) is 12.6 Å². The van der Waals surface area contributed by atoms with Gasteiger partial charge in [0.15, 0.2) is 11.4 Å². The van der Waals surface area contributed by atoms with Crippen molar-refractivity contribution in [2.45, 2.75) is 57.7 Å². The largest absolute Gasteiger partial charge is 0.460 e. The summed E-state index contributed by atoms with van der Waals surface area (Å²) in [5.41, 5.74) is 8.87. The first kappa shape index (κ1) is 44.4. The standard InChI is InChI=1S/C31H28N2O2.C24H24N2O/c1-32-29-19-11-18-28(20-29)21-30(31(34)35-24-27-16-9-4-10-17-27)33(22-25-12-5-2-6-13-25)23-26-14-7-3-8-15-26;1-25-23-14-8-13-22(15-23)16-24(19-27)26(17-20-9-4-2-5-10-20)18-21-11-6-3-7-12-21/h2-20,30H,21-24H2;2-15,24,27H,16-19H2/t30-;24-/m11/s1. The van der Waals surface area contributed by atoms with Crippen molar-refractivity contribution < 1.29 is 14.6 Å². The average molecular weight is 817 g/mol. The smallest absolute Gasteiger partial charge is 0.324 e. The molecule has 0 amide bonds. The number of benzene rings is 7. The number of rotatable bonds is 18. The van der Waals surface area contributed by atoms with E-state index in [1.54, 1.807) is 6.07 Å². The average Bonchev–Trinajstić information content (AvgIpc) is 3.33. The van der Waals surface area contributed by atoms with E-state index in [9.17, 15) is 9.90 Å². The van der Waals surface area contributed by atoms with Gasteiger partial charge in [-0.2, -0.15) is 0 Å². The molecule has 0 fully saturated rings. The van der Waals surface area contributed by atoms with Crippen molar-refractivity contribution in [2.75, 3.05) is 6.61 Å². The van der Waals surface area contributed by atoms with Gasteiger partial charge in [-0.3, -0.25) is 14.6 Å². The molecular formula is C55H52N4O3. The Morgan fingerprint density at radius 2 is 0.823 bits per heavy atom. The van der Waals surface area contributed by atoms with Crippen LogP contribution in [0.15, 0.2) is 200 Å². The molecule has 62 heavy (non-hydrogen) atoms.